The van der Waals surface area contributed by atoms with Crippen LogP contribution in [0.3, 0.4) is 0 Å². The lowest BCUT2D eigenvalue weighted by Gasteiger charge is -2.14. The molecule has 3 nitrogen and oxygen atoms in total. The van der Waals surface area contributed by atoms with Gasteiger partial charge >= 0.3 is 0 Å². The number of rotatable bonds is 3. The molecule has 0 bridgehead atoms. The summed E-state index contributed by atoms with van der Waals surface area (Å²) in [6.07, 6.45) is 6.27. The molecule has 0 spiro atoms. The van der Waals surface area contributed by atoms with Crippen LogP contribution in [0.1, 0.15) is 30.1 Å². The highest BCUT2D eigenvalue weighted by Crippen LogP contribution is 2.24. The SMILES string of the molecule is Clc1ccccc1Cn1cncc1[C@@H]1CCCN1. The average molecular weight is 262 g/mol. The van der Waals surface area contributed by atoms with Crippen molar-refractivity contribution in [2.75, 3.05) is 6.54 Å². The molecule has 2 heterocycles. The fourth-order valence-corrected chi connectivity index (χ4v) is 2.70. The molecule has 1 atom stereocenters. The fourth-order valence-electron chi connectivity index (χ4n) is 2.50. The Morgan fingerprint density at radius 1 is 1.39 bits per heavy atom. The lowest BCUT2D eigenvalue weighted by Crippen LogP contribution is -2.17. The highest BCUT2D eigenvalue weighted by molar-refractivity contribution is 6.31. The fraction of sp³-hybridized carbons (Fsp3) is 0.357. The van der Waals surface area contributed by atoms with E-state index < -0.39 is 0 Å². The highest BCUT2D eigenvalue weighted by atomic mass is 35.5. The van der Waals surface area contributed by atoms with Crippen LogP contribution in [-0.2, 0) is 6.54 Å². The molecule has 0 saturated carbocycles. The van der Waals surface area contributed by atoms with Crippen LogP contribution in [-0.4, -0.2) is 16.1 Å². The third kappa shape index (κ3) is 2.28. The number of nitrogens with zero attached hydrogens (tertiary/aromatic N) is 2. The molecule has 94 valence electrons. The van der Waals surface area contributed by atoms with Gasteiger partial charge in [0.15, 0.2) is 0 Å². The van der Waals surface area contributed by atoms with E-state index in [2.05, 4.69) is 20.9 Å². The molecule has 4 heteroatoms. The Bertz CT molecular complexity index is 529. The van der Waals surface area contributed by atoms with Gasteiger partial charge in [-0.05, 0) is 31.0 Å². The van der Waals surface area contributed by atoms with Crippen molar-refractivity contribution in [2.24, 2.45) is 0 Å². The molecule has 2 aromatic rings. The van der Waals surface area contributed by atoms with Crippen LogP contribution in [0.15, 0.2) is 36.8 Å². The van der Waals surface area contributed by atoms with Gasteiger partial charge in [0, 0.05) is 17.3 Å². The Balaban J connectivity index is 1.85. The lowest BCUT2D eigenvalue weighted by molar-refractivity contribution is 0.584. The molecule has 1 N–H and O–H groups in total. The predicted octanol–water partition coefficient (Wildman–Crippen LogP) is 3.01. The van der Waals surface area contributed by atoms with E-state index in [9.17, 15) is 0 Å². The van der Waals surface area contributed by atoms with Gasteiger partial charge in [-0.2, -0.15) is 0 Å². The smallest absolute Gasteiger partial charge is 0.0951 e. The monoisotopic (exact) mass is 261 g/mol. The second-order valence-corrected chi connectivity index (χ2v) is 5.09. The third-order valence-corrected chi connectivity index (χ3v) is 3.83. The molecule has 1 aliphatic rings. The van der Waals surface area contributed by atoms with E-state index in [1.807, 2.05) is 30.7 Å². The number of benzene rings is 1. The van der Waals surface area contributed by atoms with Crippen molar-refractivity contribution in [1.82, 2.24) is 14.9 Å². The second-order valence-electron chi connectivity index (χ2n) is 4.69. The molecule has 1 fully saturated rings. The van der Waals surface area contributed by atoms with Crippen molar-refractivity contribution >= 4 is 11.6 Å². The maximum absolute atomic E-state index is 6.20. The van der Waals surface area contributed by atoms with Gasteiger partial charge in [-0.15, -0.1) is 0 Å². The van der Waals surface area contributed by atoms with Crippen molar-refractivity contribution in [3.63, 3.8) is 0 Å². The zero-order valence-corrected chi connectivity index (χ0v) is 10.9. The molecule has 1 aromatic carbocycles. The average Bonchev–Trinajstić information content (AvgIpc) is 3.02. The van der Waals surface area contributed by atoms with E-state index in [-0.39, 0.29) is 0 Å². The van der Waals surface area contributed by atoms with Crippen molar-refractivity contribution in [1.29, 1.82) is 0 Å². The van der Waals surface area contributed by atoms with Crippen LogP contribution in [0.2, 0.25) is 5.02 Å². The largest absolute Gasteiger partial charge is 0.329 e. The van der Waals surface area contributed by atoms with Crippen molar-refractivity contribution < 1.29 is 0 Å². The summed E-state index contributed by atoms with van der Waals surface area (Å²) < 4.78 is 2.18. The summed E-state index contributed by atoms with van der Waals surface area (Å²) in [5.74, 6) is 0. The number of hydrogen-bond donors (Lipinski definition) is 1. The Labute approximate surface area is 112 Å². The standard InChI is InChI=1S/C14H16ClN3/c15-12-5-2-1-4-11(12)9-18-10-16-8-14(18)13-6-3-7-17-13/h1-2,4-5,8,10,13,17H,3,6-7,9H2/t13-/m0/s1. The van der Waals surface area contributed by atoms with Crippen molar-refractivity contribution in [3.8, 4) is 0 Å². The topological polar surface area (TPSA) is 29.9 Å². The molecule has 0 radical (unpaired) electrons. The lowest BCUT2D eigenvalue weighted by atomic mass is 10.1. The van der Waals surface area contributed by atoms with Gasteiger partial charge in [0.05, 0.1) is 18.6 Å². The van der Waals surface area contributed by atoms with E-state index in [0.29, 0.717) is 6.04 Å². The van der Waals surface area contributed by atoms with Crippen LogP contribution in [0.25, 0.3) is 0 Å². The zero-order valence-electron chi connectivity index (χ0n) is 10.1. The number of hydrogen-bond acceptors (Lipinski definition) is 2. The van der Waals surface area contributed by atoms with Crippen molar-refractivity contribution in [3.05, 3.63) is 53.1 Å². The molecule has 0 aliphatic carbocycles. The molecule has 1 aliphatic heterocycles. The van der Waals surface area contributed by atoms with E-state index >= 15 is 0 Å². The number of imidazole rings is 1. The Kier molecular flexibility index (Phi) is 3.35. The maximum atomic E-state index is 6.20. The van der Waals surface area contributed by atoms with Gasteiger partial charge in [0.1, 0.15) is 0 Å². The maximum Gasteiger partial charge on any atom is 0.0951 e. The molecule has 3 rings (SSSR count). The minimum absolute atomic E-state index is 0.440. The van der Waals surface area contributed by atoms with E-state index in [1.54, 1.807) is 0 Å². The summed E-state index contributed by atoms with van der Waals surface area (Å²) in [6.45, 7) is 1.88. The molecule has 1 aromatic heterocycles. The normalized spacial score (nSPS) is 19.3. The van der Waals surface area contributed by atoms with Crippen LogP contribution in [0, 0.1) is 0 Å². The minimum Gasteiger partial charge on any atom is -0.329 e. The van der Waals surface area contributed by atoms with Crippen molar-refractivity contribution in [2.45, 2.75) is 25.4 Å². The summed E-state index contributed by atoms with van der Waals surface area (Å²) in [5, 5.41) is 4.32. The van der Waals surface area contributed by atoms with Crippen LogP contribution in [0.4, 0.5) is 0 Å². The molecule has 18 heavy (non-hydrogen) atoms. The summed E-state index contributed by atoms with van der Waals surface area (Å²) in [4.78, 5) is 4.27. The van der Waals surface area contributed by atoms with Crippen LogP contribution < -0.4 is 5.32 Å². The predicted molar refractivity (Wildman–Crippen MR) is 72.8 cm³/mol. The number of nitrogens with one attached hydrogen (secondary N) is 1. The van der Waals surface area contributed by atoms with Gasteiger partial charge < -0.3 is 9.88 Å². The minimum atomic E-state index is 0.440. The molecule has 1 saturated heterocycles. The van der Waals surface area contributed by atoms with E-state index in [1.165, 1.54) is 18.5 Å². The highest BCUT2D eigenvalue weighted by Gasteiger charge is 2.19. The summed E-state index contributed by atoms with van der Waals surface area (Å²) in [5.41, 5.74) is 2.39. The first-order valence-corrected chi connectivity index (χ1v) is 6.69. The van der Waals surface area contributed by atoms with Gasteiger partial charge in [0.2, 0.25) is 0 Å². The summed E-state index contributed by atoms with van der Waals surface area (Å²) >= 11 is 6.20. The van der Waals surface area contributed by atoms with Crippen LogP contribution >= 0.6 is 11.6 Å². The Morgan fingerprint density at radius 2 is 2.28 bits per heavy atom. The Hall–Kier alpha value is -1.32. The number of aromatic nitrogens is 2. The molecular weight excluding hydrogens is 246 g/mol. The van der Waals surface area contributed by atoms with E-state index in [4.69, 9.17) is 11.6 Å². The first-order valence-electron chi connectivity index (χ1n) is 6.31. The van der Waals surface area contributed by atoms with E-state index in [0.717, 1.165) is 23.7 Å². The van der Waals surface area contributed by atoms with Gasteiger partial charge in [-0.1, -0.05) is 29.8 Å². The quantitative estimate of drug-likeness (QED) is 0.921. The van der Waals surface area contributed by atoms with Crippen LogP contribution in [0.5, 0.6) is 0 Å². The molecule has 0 amide bonds. The summed E-state index contributed by atoms with van der Waals surface area (Å²) in [6, 6.07) is 8.41. The summed E-state index contributed by atoms with van der Waals surface area (Å²) in [7, 11) is 0. The zero-order chi connectivity index (χ0) is 12.4. The van der Waals surface area contributed by atoms with Gasteiger partial charge in [0.25, 0.3) is 0 Å². The van der Waals surface area contributed by atoms with Gasteiger partial charge in [-0.25, -0.2) is 4.98 Å². The number of halogens is 1. The molecular formula is C14H16ClN3. The second kappa shape index (κ2) is 5.12. The molecule has 0 unspecified atom stereocenters. The third-order valence-electron chi connectivity index (χ3n) is 3.46. The first-order chi connectivity index (χ1) is 8.84. The van der Waals surface area contributed by atoms with Gasteiger partial charge in [-0.3, -0.25) is 0 Å². The Morgan fingerprint density at radius 3 is 3.06 bits per heavy atom. The first kappa shape index (κ1) is 11.8.